The molecule has 0 aliphatic rings. The van der Waals surface area contributed by atoms with Crippen molar-refractivity contribution < 1.29 is 10.2 Å². The fourth-order valence-corrected chi connectivity index (χ4v) is 2.23. The van der Waals surface area contributed by atoms with Crippen LogP contribution >= 0.6 is 22.9 Å². The molecule has 2 rings (SSSR count). The maximum atomic E-state index is 9.35. The van der Waals surface area contributed by atoms with Gasteiger partial charge in [0, 0.05) is 5.38 Å². The molecule has 1 heterocycles. The zero-order valence-electron chi connectivity index (χ0n) is 5.91. The molecule has 1 aromatic heterocycles. The van der Waals surface area contributed by atoms with Crippen molar-refractivity contribution in [2.45, 2.75) is 0 Å². The van der Waals surface area contributed by atoms with E-state index in [-0.39, 0.29) is 11.5 Å². The van der Waals surface area contributed by atoms with E-state index in [0.717, 1.165) is 0 Å². The van der Waals surface area contributed by atoms with Gasteiger partial charge in [0.05, 0.1) is 15.1 Å². The summed E-state index contributed by atoms with van der Waals surface area (Å²) in [6, 6.07) is 3.08. The third-order valence-electron chi connectivity index (χ3n) is 1.63. The van der Waals surface area contributed by atoms with Crippen LogP contribution in [0, 0.1) is 0 Å². The summed E-state index contributed by atoms with van der Waals surface area (Å²) in [5, 5.41) is 21.2. The molecule has 4 heteroatoms. The lowest BCUT2D eigenvalue weighted by Crippen LogP contribution is -1.68. The average Bonchev–Trinajstić information content (AvgIpc) is 2.42. The van der Waals surface area contributed by atoms with Crippen LogP contribution in [0.25, 0.3) is 10.1 Å². The SMILES string of the molecule is Oc1ccc(Cl)c2scc(O)c12. The second-order valence-corrected chi connectivity index (χ2v) is 3.68. The van der Waals surface area contributed by atoms with Gasteiger partial charge in [0.15, 0.2) is 0 Å². The zero-order chi connectivity index (χ0) is 8.72. The van der Waals surface area contributed by atoms with E-state index in [1.54, 1.807) is 11.4 Å². The highest BCUT2D eigenvalue weighted by Gasteiger charge is 2.09. The monoisotopic (exact) mass is 200 g/mol. The minimum Gasteiger partial charge on any atom is -0.507 e. The standard InChI is InChI=1S/C8H5ClO2S/c9-4-1-2-5(10)7-6(11)3-12-8(4)7/h1-3,10-11H. The summed E-state index contributed by atoms with van der Waals surface area (Å²) in [4.78, 5) is 0. The number of thiophene rings is 1. The number of halogens is 1. The Bertz CT molecular complexity index is 436. The van der Waals surface area contributed by atoms with Crippen LogP contribution in [0.4, 0.5) is 0 Å². The van der Waals surface area contributed by atoms with Gasteiger partial charge in [0.1, 0.15) is 11.5 Å². The number of rotatable bonds is 0. The molecule has 0 aliphatic carbocycles. The highest BCUT2D eigenvalue weighted by molar-refractivity contribution is 7.18. The predicted molar refractivity (Wildman–Crippen MR) is 50.2 cm³/mol. The molecule has 0 saturated carbocycles. The van der Waals surface area contributed by atoms with Crippen molar-refractivity contribution in [3.05, 3.63) is 22.5 Å². The highest BCUT2D eigenvalue weighted by Crippen LogP contribution is 2.41. The lowest BCUT2D eigenvalue weighted by atomic mass is 10.2. The molecule has 12 heavy (non-hydrogen) atoms. The van der Waals surface area contributed by atoms with E-state index < -0.39 is 0 Å². The van der Waals surface area contributed by atoms with E-state index in [1.807, 2.05) is 0 Å². The fraction of sp³-hybridized carbons (Fsp3) is 0. The van der Waals surface area contributed by atoms with Crippen LogP contribution in [-0.4, -0.2) is 10.2 Å². The summed E-state index contributed by atoms with van der Waals surface area (Å²) in [7, 11) is 0. The number of benzene rings is 1. The first kappa shape index (κ1) is 7.71. The van der Waals surface area contributed by atoms with Gasteiger partial charge in [-0.15, -0.1) is 11.3 Å². The number of hydrogen-bond acceptors (Lipinski definition) is 3. The minimum absolute atomic E-state index is 0.0631. The first-order valence-corrected chi connectivity index (χ1v) is 4.53. The molecule has 0 aliphatic heterocycles. The molecule has 2 aromatic rings. The van der Waals surface area contributed by atoms with Crippen LogP contribution in [0.3, 0.4) is 0 Å². The predicted octanol–water partition coefficient (Wildman–Crippen LogP) is 2.97. The van der Waals surface area contributed by atoms with Crippen LogP contribution in [-0.2, 0) is 0 Å². The highest BCUT2D eigenvalue weighted by atomic mass is 35.5. The van der Waals surface area contributed by atoms with E-state index in [1.165, 1.54) is 17.4 Å². The second-order valence-electron chi connectivity index (χ2n) is 2.39. The summed E-state index contributed by atoms with van der Waals surface area (Å²) in [5.41, 5.74) is 0. The summed E-state index contributed by atoms with van der Waals surface area (Å²) in [6.07, 6.45) is 0. The topological polar surface area (TPSA) is 40.5 Å². The van der Waals surface area contributed by atoms with Gasteiger partial charge in [0.25, 0.3) is 0 Å². The van der Waals surface area contributed by atoms with Crippen molar-refractivity contribution in [1.82, 2.24) is 0 Å². The molecular weight excluding hydrogens is 196 g/mol. The Morgan fingerprint density at radius 2 is 1.92 bits per heavy atom. The molecule has 0 fully saturated rings. The summed E-state index contributed by atoms with van der Waals surface area (Å²) < 4.78 is 0.717. The summed E-state index contributed by atoms with van der Waals surface area (Å²) >= 11 is 7.14. The lowest BCUT2D eigenvalue weighted by molar-refractivity contribution is 0.465. The van der Waals surface area contributed by atoms with Gasteiger partial charge >= 0.3 is 0 Å². The van der Waals surface area contributed by atoms with Gasteiger partial charge < -0.3 is 10.2 Å². The summed E-state index contributed by atoms with van der Waals surface area (Å²) in [6.45, 7) is 0. The van der Waals surface area contributed by atoms with Crippen molar-refractivity contribution >= 4 is 33.0 Å². The van der Waals surface area contributed by atoms with Gasteiger partial charge in [-0.25, -0.2) is 0 Å². The maximum absolute atomic E-state index is 9.35. The van der Waals surface area contributed by atoms with Crippen LogP contribution < -0.4 is 0 Å². The Hall–Kier alpha value is -0.930. The quantitative estimate of drug-likeness (QED) is 0.687. The molecule has 1 aromatic carbocycles. The van der Waals surface area contributed by atoms with Crippen LogP contribution in [0.2, 0.25) is 5.02 Å². The Kier molecular flexibility index (Phi) is 1.63. The van der Waals surface area contributed by atoms with Gasteiger partial charge in [-0.2, -0.15) is 0 Å². The molecule has 0 amide bonds. The Labute approximate surface area is 77.6 Å². The Morgan fingerprint density at radius 3 is 2.58 bits per heavy atom. The molecule has 0 saturated heterocycles. The lowest BCUT2D eigenvalue weighted by Gasteiger charge is -1.96. The number of phenolic OH excluding ortho intramolecular Hbond substituents is 1. The third-order valence-corrected chi connectivity index (χ3v) is 3.06. The van der Waals surface area contributed by atoms with Crippen LogP contribution in [0.5, 0.6) is 11.5 Å². The van der Waals surface area contributed by atoms with Crippen molar-refractivity contribution in [1.29, 1.82) is 0 Å². The van der Waals surface area contributed by atoms with Crippen LogP contribution in [0.1, 0.15) is 0 Å². The summed E-state index contributed by atoms with van der Waals surface area (Å²) in [5.74, 6) is 0.142. The number of fused-ring (bicyclic) bond motifs is 1. The van der Waals surface area contributed by atoms with E-state index in [2.05, 4.69) is 0 Å². The fourth-order valence-electron chi connectivity index (χ4n) is 1.08. The third kappa shape index (κ3) is 0.940. The van der Waals surface area contributed by atoms with Crippen LogP contribution in [0.15, 0.2) is 17.5 Å². The molecular formula is C8H5ClO2S. The smallest absolute Gasteiger partial charge is 0.137 e. The molecule has 0 spiro atoms. The van der Waals surface area contributed by atoms with Crippen molar-refractivity contribution in [2.75, 3.05) is 0 Å². The number of aromatic hydroxyl groups is 2. The largest absolute Gasteiger partial charge is 0.507 e. The van der Waals surface area contributed by atoms with E-state index >= 15 is 0 Å². The van der Waals surface area contributed by atoms with E-state index in [0.29, 0.717) is 15.1 Å². The number of phenols is 1. The molecule has 0 atom stereocenters. The second kappa shape index (κ2) is 2.54. The first-order chi connectivity index (χ1) is 5.70. The molecule has 0 radical (unpaired) electrons. The molecule has 2 N–H and O–H groups in total. The van der Waals surface area contributed by atoms with Gasteiger partial charge in [0.2, 0.25) is 0 Å². The maximum Gasteiger partial charge on any atom is 0.137 e. The minimum atomic E-state index is 0.0631. The van der Waals surface area contributed by atoms with E-state index in [4.69, 9.17) is 11.6 Å². The van der Waals surface area contributed by atoms with Crippen molar-refractivity contribution in [2.24, 2.45) is 0 Å². The molecule has 0 unspecified atom stereocenters. The Balaban J connectivity index is 2.98. The molecule has 2 nitrogen and oxygen atoms in total. The zero-order valence-corrected chi connectivity index (χ0v) is 7.49. The Morgan fingerprint density at radius 1 is 1.17 bits per heavy atom. The first-order valence-electron chi connectivity index (χ1n) is 3.28. The molecule has 0 bridgehead atoms. The molecule has 62 valence electrons. The van der Waals surface area contributed by atoms with Gasteiger partial charge in [-0.05, 0) is 12.1 Å². The normalized spacial score (nSPS) is 10.8. The average molecular weight is 201 g/mol. The van der Waals surface area contributed by atoms with Crippen molar-refractivity contribution in [3.63, 3.8) is 0 Å². The van der Waals surface area contributed by atoms with Gasteiger partial charge in [-0.3, -0.25) is 0 Å². The van der Waals surface area contributed by atoms with Crippen molar-refractivity contribution in [3.8, 4) is 11.5 Å². The number of hydrogen-bond donors (Lipinski definition) is 2. The van der Waals surface area contributed by atoms with Gasteiger partial charge in [-0.1, -0.05) is 11.6 Å². The van der Waals surface area contributed by atoms with E-state index in [9.17, 15) is 10.2 Å².